The Hall–Kier alpha value is -4.74. The molecule has 1 aliphatic carbocycles. The van der Waals surface area contributed by atoms with E-state index in [0.29, 0.717) is 107 Å². The molecule has 60 heavy (non-hydrogen) atoms. The van der Waals surface area contributed by atoms with Crippen LogP contribution in [0.1, 0.15) is 58.1 Å². The van der Waals surface area contributed by atoms with Gasteiger partial charge in [0, 0.05) is 44.2 Å². The fourth-order valence-electron chi connectivity index (χ4n) is 7.46. The van der Waals surface area contributed by atoms with Gasteiger partial charge in [-0.05, 0) is 64.2 Å². The second kappa shape index (κ2) is 23.9. The van der Waals surface area contributed by atoms with Gasteiger partial charge in [-0.2, -0.15) is 10.4 Å². The van der Waals surface area contributed by atoms with Gasteiger partial charge >= 0.3 is 0 Å². The van der Waals surface area contributed by atoms with Gasteiger partial charge in [0.15, 0.2) is 0 Å². The molecule has 4 heterocycles. The maximum Gasteiger partial charge on any atom is 0.257 e. The Morgan fingerprint density at radius 3 is 2.10 bits per heavy atom. The zero-order chi connectivity index (χ0) is 41.9. The molecule has 1 aliphatic heterocycles. The molecule has 6 rings (SSSR count). The van der Waals surface area contributed by atoms with Crippen LogP contribution in [0.5, 0.6) is 11.6 Å². The van der Waals surface area contributed by atoms with Crippen LogP contribution in [-0.2, 0) is 35.0 Å². The fourth-order valence-corrected chi connectivity index (χ4v) is 7.46. The van der Waals surface area contributed by atoms with E-state index in [4.69, 9.17) is 43.0 Å². The molecular weight excluding hydrogens is 773 g/mol. The number of anilines is 2. The van der Waals surface area contributed by atoms with E-state index in [-0.39, 0.29) is 24.4 Å². The van der Waals surface area contributed by atoms with E-state index in [1.165, 1.54) is 6.33 Å². The number of rotatable bonds is 25. The van der Waals surface area contributed by atoms with Crippen molar-refractivity contribution >= 4 is 11.6 Å². The van der Waals surface area contributed by atoms with Crippen LogP contribution in [0.15, 0.2) is 49.4 Å². The molecule has 1 saturated carbocycles. The summed E-state index contributed by atoms with van der Waals surface area (Å²) < 4.78 is 49.3. The minimum atomic E-state index is -0.249. The van der Waals surface area contributed by atoms with Crippen molar-refractivity contribution in [1.29, 1.82) is 5.26 Å². The molecule has 0 amide bonds. The molecule has 1 N–H and O–H groups in total. The summed E-state index contributed by atoms with van der Waals surface area (Å²) in [5.41, 5.74) is 2.69. The first-order valence-corrected chi connectivity index (χ1v) is 20.9. The number of ether oxygens (including phenoxy) is 8. The smallest absolute Gasteiger partial charge is 0.257 e. The highest BCUT2D eigenvalue weighted by Gasteiger charge is 2.32. The Morgan fingerprint density at radius 2 is 1.48 bits per heavy atom. The lowest BCUT2D eigenvalue weighted by atomic mass is 9.89. The standard InChI is InChI=1S/C42H60N10O8/c1-31-25-50(26-32(2)59-31)37-7-9-38(10-8-37)52-28-39(41(49-52)58-20-19-57-18-17-56-16-15-55-14-13-54-12-11-53-4)48-42-45-23-36(24-46-42)34-5-6-35(22-43)40(21-34)60-33(3)27-51-30-44-29-47-51/h5-6,21,23-24,28-33,37-38H,7-20,25-27H2,1-4H3,(H,45,46,48)/t31-,32+,33-,37-,38-/m0/s1. The van der Waals surface area contributed by atoms with E-state index in [0.717, 1.165) is 49.9 Å². The molecule has 0 bridgehead atoms. The highest BCUT2D eigenvalue weighted by atomic mass is 16.6. The van der Waals surface area contributed by atoms with Gasteiger partial charge < -0.3 is 43.2 Å². The first-order valence-electron chi connectivity index (χ1n) is 20.9. The normalized spacial score (nSPS) is 20.1. The molecule has 0 unspecified atom stereocenters. The number of nitrogens with one attached hydrogen (secondary N) is 1. The van der Waals surface area contributed by atoms with Crippen LogP contribution in [0, 0.1) is 11.3 Å². The molecule has 4 aromatic rings. The Balaban J connectivity index is 1.03. The van der Waals surface area contributed by atoms with E-state index < -0.39 is 0 Å². The van der Waals surface area contributed by atoms with E-state index in [1.807, 2.05) is 29.9 Å². The minimum absolute atomic E-state index is 0.241. The third-order valence-corrected chi connectivity index (χ3v) is 10.3. The number of nitriles is 1. The summed E-state index contributed by atoms with van der Waals surface area (Å²) in [5.74, 6) is 1.32. The Bertz CT molecular complexity index is 1860. The van der Waals surface area contributed by atoms with Gasteiger partial charge in [-0.1, -0.05) is 6.07 Å². The van der Waals surface area contributed by atoms with Gasteiger partial charge in [-0.25, -0.2) is 19.6 Å². The lowest BCUT2D eigenvalue weighted by molar-refractivity contribution is -0.0852. The summed E-state index contributed by atoms with van der Waals surface area (Å²) in [4.78, 5) is 15.9. The van der Waals surface area contributed by atoms with Crippen molar-refractivity contribution in [2.75, 3.05) is 91.6 Å². The van der Waals surface area contributed by atoms with Crippen LogP contribution in [0.2, 0.25) is 0 Å². The van der Waals surface area contributed by atoms with E-state index in [1.54, 1.807) is 36.6 Å². The first-order chi connectivity index (χ1) is 29.4. The van der Waals surface area contributed by atoms with Gasteiger partial charge in [-0.3, -0.25) is 9.58 Å². The fraction of sp³-hybridized carbons (Fsp3) is 0.619. The molecule has 1 aromatic carbocycles. The maximum atomic E-state index is 9.75. The van der Waals surface area contributed by atoms with Crippen LogP contribution in [0.4, 0.5) is 11.6 Å². The molecule has 18 heteroatoms. The third kappa shape index (κ3) is 13.9. The number of nitrogens with zero attached hydrogens (tertiary/aromatic N) is 9. The molecule has 326 valence electrons. The van der Waals surface area contributed by atoms with Crippen molar-refractivity contribution in [2.45, 2.75) is 83.4 Å². The van der Waals surface area contributed by atoms with Gasteiger partial charge in [0.05, 0.1) is 96.0 Å². The Morgan fingerprint density at radius 1 is 0.850 bits per heavy atom. The quantitative estimate of drug-likeness (QED) is 0.0905. The summed E-state index contributed by atoms with van der Waals surface area (Å²) in [6, 6.07) is 8.44. The van der Waals surface area contributed by atoms with Crippen molar-refractivity contribution in [3.63, 3.8) is 0 Å². The highest BCUT2D eigenvalue weighted by Crippen LogP contribution is 2.35. The lowest BCUT2D eigenvalue weighted by Gasteiger charge is -2.42. The second-order valence-corrected chi connectivity index (χ2v) is 15.1. The van der Waals surface area contributed by atoms with Crippen LogP contribution in [-0.4, -0.2) is 150 Å². The maximum absolute atomic E-state index is 9.75. The van der Waals surface area contributed by atoms with Crippen LogP contribution < -0.4 is 14.8 Å². The third-order valence-electron chi connectivity index (χ3n) is 10.3. The molecular formula is C42H60N10O8. The molecule has 2 fully saturated rings. The largest absolute Gasteiger partial charge is 0.487 e. The van der Waals surface area contributed by atoms with Crippen molar-refractivity contribution in [3.05, 3.63) is 55.0 Å². The van der Waals surface area contributed by atoms with E-state index >= 15 is 0 Å². The van der Waals surface area contributed by atoms with Crippen LogP contribution >= 0.6 is 0 Å². The highest BCUT2D eigenvalue weighted by molar-refractivity contribution is 5.67. The SMILES string of the molecule is COCCOCCOCCOCCOCCOc1nn([C@H]2CC[C@H](N3C[C@@H](C)O[C@@H](C)C3)CC2)cc1Nc1ncc(-c2ccc(C#N)c(O[C@@H](C)Cn3cncn3)c2)cn1. The van der Waals surface area contributed by atoms with E-state index in [2.05, 4.69) is 50.2 Å². The van der Waals surface area contributed by atoms with Gasteiger partial charge in [0.2, 0.25) is 5.95 Å². The summed E-state index contributed by atoms with van der Waals surface area (Å²) in [6.45, 7) is 13.4. The monoisotopic (exact) mass is 832 g/mol. The van der Waals surface area contributed by atoms with Gasteiger partial charge in [-0.15, -0.1) is 5.10 Å². The molecule has 0 radical (unpaired) electrons. The summed E-state index contributed by atoms with van der Waals surface area (Å²) >= 11 is 0. The number of benzene rings is 1. The van der Waals surface area contributed by atoms with Gasteiger partial charge in [0.1, 0.15) is 42.9 Å². The average Bonchev–Trinajstić information content (AvgIpc) is 3.92. The molecule has 0 spiro atoms. The summed E-state index contributed by atoms with van der Waals surface area (Å²) in [5, 5.41) is 22.1. The number of hydrogen-bond acceptors (Lipinski definition) is 16. The molecule has 3 aromatic heterocycles. The second-order valence-electron chi connectivity index (χ2n) is 15.1. The first kappa shape index (κ1) is 44.8. The van der Waals surface area contributed by atoms with Crippen LogP contribution in [0.25, 0.3) is 11.1 Å². The molecule has 2 aliphatic rings. The number of morpholine rings is 1. The topological polar surface area (TPSA) is 187 Å². The average molecular weight is 833 g/mol. The van der Waals surface area contributed by atoms with Crippen molar-refractivity contribution in [1.82, 2.24) is 39.4 Å². The van der Waals surface area contributed by atoms with Crippen molar-refractivity contribution in [2.24, 2.45) is 0 Å². The molecule has 18 nitrogen and oxygen atoms in total. The minimum Gasteiger partial charge on any atom is -0.487 e. The number of aromatic nitrogens is 7. The number of hydrogen-bond donors (Lipinski definition) is 1. The van der Waals surface area contributed by atoms with E-state index in [9.17, 15) is 5.26 Å². The molecule has 1 saturated heterocycles. The van der Waals surface area contributed by atoms with Crippen molar-refractivity contribution in [3.8, 4) is 28.8 Å². The predicted octanol–water partition coefficient (Wildman–Crippen LogP) is 4.70. The predicted molar refractivity (Wildman–Crippen MR) is 221 cm³/mol. The lowest BCUT2D eigenvalue weighted by Crippen LogP contribution is -2.51. The zero-order valence-electron chi connectivity index (χ0n) is 35.3. The Labute approximate surface area is 352 Å². The zero-order valence-corrected chi connectivity index (χ0v) is 35.3. The van der Waals surface area contributed by atoms with Gasteiger partial charge in [0.25, 0.3) is 5.88 Å². The summed E-state index contributed by atoms with van der Waals surface area (Å²) in [6.07, 6.45) is 13.1. The van der Waals surface area contributed by atoms with Crippen molar-refractivity contribution < 1.29 is 37.9 Å². The summed E-state index contributed by atoms with van der Waals surface area (Å²) in [7, 11) is 1.65. The molecule has 3 atom stereocenters. The number of methoxy groups -OCH3 is 1. The van der Waals surface area contributed by atoms with Crippen LogP contribution in [0.3, 0.4) is 0 Å². The Kier molecular flexibility index (Phi) is 17.8.